The van der Waals surface area contributed by atoms with Crippen LogP contribution in [-0.4, -0.2) is 39.0 Å². The molecule has 1 unspecified atom stereocenters. The molecule has 84 valence electrons. The van der Waals surface area contributed by atoms with Crippen LogP contribution in [0.1, 0.15) is 0 Å². The van der Waals surface area contributed by atoms with Crippen molar-refractivity contribution in [2.45, 2.75) is 12.8 Å². The summed E-state index contributed by atoms with van der Waals surface area (Å²) in [7, 11) is 0. The van der Waals surface area contributed by atoms with Crippen LogP contribution < -0.4 is 0 Å². The Labute approximate surface area is 84.3 Å². The van der Waals surface area contributed by atoms with Gasteiger partial charge in [0.25, 0.3) is 0 Å². The van der Waals surface area contributed by atoms with Crippen LogP contribution in [0.3, 0.4) is 0 Å². The number of nitrogens with zero attached hydrogens (tertiary/aromatic N) is 3. The number of aromatic nitrogens is 2. The Hall–Kier alpha value is -1.54. The number of hydrogen-bond acceptors (Lipinski definition) is 5. The topological polar surface area (TPSA) is 90.4 Å². The van der Waals surface area contributed by atoms with E-state index >= 15 is 0 Å². The lowest BCUT2D eigenvalue weighted by molar-refractivity contribution is -0.397. The largest absolute Gasteiger partial charge is 0.436 e. The summed E-state index contributed by atoms with van der Waals surface area (Å²) < 4.78 is 18.1. The molecule has 0 aromatic carbocycles. The number of hydrogen-bond donors (Lipinski definition) is 1. The van der Waals surface area contributed by atoms with Gasteiger partial charge in [0.2, 0.25) is 0 Å². The molecule has 0 aliphatic rings. The predicted molar refractivity (Wildman–Crippen MR) is 46.8 cm³/mol. The molecular weight excluding hydrogens is 209 g/mol. The fourth-order valence-electron chi connectivity index (χ4n) is 0.906. The summed E-state index contributed by atoms with van der Waals surface area (Å²) in [5, 5.41) is 19.0. The maximum absolute atomic E-state index is 12.1. The lowest BCUT2D eigenvalue weighted by Crippen LogP contribution is -2.21. The second kappa shape index (κ2) is 5.37. The Bertz CT molecular complexity index is 326. The number of aliphatic hydroxyl groups excluding tert-OH is 1. The van der Waals surface area contributed by atoms with Gasteiger partial charge in [0, 0.05) is 0 Å². The Morgan fingerprint density at radius 3 is 3.07 bits per heavy atom. The summed E-state index contributed by atoms with van der Waals surface area (Å²) in [6.45, 7) is -1.54. The minimum atomic E-state index is -0.966. The molecular formula is C7H10FN3O4. The number of rotatable bonds is 6. The van der Waals surface area contributed by atoms with Gasteiger partial charge in [-0.1, -0.05) is 4.98 Å². The monoisotopic (exact) mass is 219 g/mol. The van der Waals surface area contributed by atoms with E-state index in [0.29, 0.717) is 0 Å². The summed E-state index contributed by atoms with van der Waals surface area (Å²) in [6.07, 6.45) is 1.61. The van der Waals surface area contributed by atoms with Gasteiger partial charge in [-0.3, -0.25) is 0 Å². The third-order valence-electron chi connectivity index (χ3n) is 1.68. The molecule has 0 bridgehead atoms. The van der Waals surface area contributed by atoms with Crippen molar-refractivity contribution in [2.24, 2.45) is 0 Å². The van der Waals surface area contributed by atoms with Crippen molar-refractivity contribution in [1.29, 1.82) is 0 Å². The van der Waals surface area contributed by atoms with Gasteiger partial charge in [0.1, 0.15) is 25.2 Å². The van der Waals surface area contributed by atoms with Crippen molar-refractivity contribution in [3.8, 4) is 0 Å². The van der Waals surface area contributed by atoms with Crippen molar-refractivity contribution in [3.63, 3.8) is 0 Å². The molecule has 1 rings (SSSR count). The number of alkyl halides is 1. The Morgan fingerprint density at radius 2 is 2.53 bits per heavy atom. The third kappa shape index (κ3) is 2.96. The quantitative estimate of drug-likeness (QED) is 0.541. The number of aliphatic hydroxyl groups is 1. The molecule has 7 nitrogen and oxygen atoms in total. The van der Waals surface area contributed by atoms with E-state index in [2.05, 4.69) is 4.98 Å². The fourth-order valence-corrected chi connectivity index (χ4v) is 0.906. The van der Waals surface area contributed by atoms with E-state index in [1.807, 2.05) is 0 Å². The minimum Gasteiger partial charge on any atom is -0.394 e. The van der Waals surface area contributed by atoms with Crippen LogP contribution in [0.2, 0.25) is 0 Å². The molecule has 15 heavy (non-hydrogen) atoms. The van der Waals surface area contributed by atoms with Gasteiger partial charge in [0.05, 0.1) is 6.61 Å². The second-order valence-electron chi connectivity index (χ2n) is 2.71. The first-order valence-electron chi connectivity index (χ1n) is 4.13. The highest BCUT2D eigenvalue weighted by Crippen LogP contribution is 2.08. The fraction of sp³-hybridized carbons (Fsp3) is 0.571. The van der Waals surface area contributed by atoms with Gasteiger partial charge in [0.15, 0.2) is 6.73 Å². The van der Waals surface area contributed by atoms with E-state index in [0.717, 1.165) is 4.57 Å². The van der Waals surface area contributed by atoms with Gasteiger partial charge in [-0.2, -0.15) is 0 Å². The molecule has 1 aromatic rings. The molecule has 0 amide bonds. The van der Waals surface area contributed by atoms with Gasteiger partial charge in [-0.25, -0.2) is 8.96 Å². The molecule has 8 heteroatoms. The molecule has 0 spiro atoms. The number of nitro groups is 1. The van der Waals surface area contributed by atoms with E-state index in [-0.39, 0.29) is 12.7 Å². The van der Waals surface area contributed by atoms with Gasteiger partial charge >= 0.3 is 5.95 Å². The van der Waals surface area contributed by atoms with Crippen LogP contribution in [0, 0.1) is 10.1 Å². The van der Waals surface area contributed by atoms with E-state index in [1.54, 1.807) is 0 Å². The van der Waals surface area contributed by atoms with Crippen LogP contribution >= 0.6 is 0 Å². The highest BCUT2D eigenvalue weighted by molar-refractivity contribution is 5.05. The Morgan fingerprint density at radius 1 is 1.80 bits per heavy atom. The van der Waals surface area contributed by atoms with E-state index < -0.39 is 24.3 Å². The summed E-state index contributed by atoms with van der Waals surface area (Å²) in [6, 6.07) is 0. The molecule has 1 N–H and O–H groups in total. The molecule has 0 saturated heterocycles. The molecule has 1 heterocycles. The zero-order valence-corrected chi connectivity index (χ0v) is 7.74. The van der Waals surface area contributed by atoms with Crippen LogP contribution in [-0.2, 0) is 11.5 Å². The average Bonchev–Trinajstić information content (AvgIpc) is 2.67. The van der Waals surface area contributed by atoms with E-state index in [1.165, 1.54) is 12.4 Å². The molecule has 0 fully saturated rings. The van der Waals surface area contributed by atoms with Gasteiger partial charge in [-0.05, 0) is 4.92 Å². The smallest absolute Gasteiger partial charge is 0.394 e. The lowest BCUT2D eigenvalue weighted by atomic mass is 10.4. The Kier molecular flexibility index (Phi) is 4.13. The molecule has 0 aliphatic carbocycles. The predicted octanol–water partition coefficient (Wildman–Crippen LogP) is 0.0958. The summed E-state index contributed by atoms with van der Waals surface area (Å²) >= 11 is 0. The molecule has 0 radical (unpaired) electrons. The van der Waals surface area contributed by atoms with Crippen molar-refractivity contribution in [3.05, 3.63) is 22.5 Å². The van der Waals surface area contributed by atoms with Crippen LogP contribution in [0.25, 0.3) is 0 Å². The first-order chi connectivity index (χ1) is 7.19. The highest BCUT2D eigenvalue weighted by atomic mass is 19.1. The number of halogens is 1. The zero-order valence-electron chi connectivity index (χ0n) is 7.74. The molecule has 1 atom stereocenters. The lowest BCUT2D eigenvalue weighted by Gasteiger charge is -2.10. The maximum atomic E-state index is 12.1. The number of ether oxygens (including phenoxy) is 1. The van der Waals surface area contributed by atoms with Crippen LogP contribution in [0.4, 0.5) is 10.3 Å². The molecule has 1 aromatic heterocycles. The van der Waals surface area contributed by atoms with Gasteiger partial charge < -0.3 is 20.0 Å². The van der Waals surface area contributed by atoms with Crippen LogP contribution in [0.5, 0.6) is 0 Å². The first-order valence-corrected chi connectivity index (χ1v) is 4.13. The highest BCUT2D eigenvalue weighted by Gasteiger charge is 2.15. The minimum absolute atomic E-state index is 0.217. The molecule has 0 aliphatic heterocycles. The third-order valence-corrected chi connectivity index (χ3v) is 1.68. The van der Waals surface area contributed by atoms with Crippen molar-refractivity contribution < 1.29 is 19.2 Å². The van der Waals surface area contributed by atoms with Crippen molar-refractivity contribution >= 4 is 5.95 Å². The van der Waals surface area contributed by atoms with E-state index in [9.17, 15) is 14.5 Å². The zero-order chi connectivity index (χ0) is 11.3. The van der Waals surface area contributed by atoms with Crippen molar-refractivity contribution in [1.82, 2.24) is 9.55 Å². The van der Waals surface area contributed by atoms with Crippen molar-refractivity contribution in [2.75, 3.05) is 13.3 Å². The van der Waals surface area contributed by atoms with Crippen LogP contribution in [0.15, 0.2) is 12.4 Å². The standard InChI is InChI=1S/C7H10FN3O4/c8-3-6(4-12)15-5-10-2-1-9-7(10)11(13)14/h1-2,6,12H,3-5H2. The summed E-state index contributed by atoms with van der Waals surface area (Å²) in [4.78, 5) is 13.2. The second-order valence-corrected chi connectivity index (χ2v) is 2.71. The average molecular weight is 219 g/mol. The van der Waals surface area contributed by atoms with Gasteiger partial charge in [-0.15, -0.1) is 0 Å². The normalized spacial score (nSPS) is 12.7. The summed E-state index contributed by atoms with van der Waals surface area (Å²) in [5.74, 6) is -0.384. The molecule has 0 saturated carbocycles. The first kappa shape index (κ1) is 11.5. The SMILES string of the molecule is O=[N+]([O-])c1nccn1COC(CO)CF. The van der Waals surface area contributed by atoms with E-state index in [4.69, 9.17) is 9.84 Å². The Balaban J connectivity index is 2.57. The number of imidazole rings is 1. The summed E-state index contributed by atoms with van der Waals surface area (Å²) in [5.41, 5.74) is 0. The maximum Gasteiger partial charge on any atom is 0.436 e.